The zero-order valence-corrected chi connectivity index (χ0v) is 16.9. The summed E-state index contributed by atoms with van der Waals surface area (Å²) in [4.78, 5) is 24.2. The van der Waals surface area contributed by atoms with Crippen molar-refractivity contribution in [3.63, 3.8) is 0 Å². The van der Waals surface area contributed by atoms with E-state index in [1.165, 1.54) is 6.07 Å². The average molecular weight is 400 g/mol. The molecule has 0 radical (unpaired) electrons. The Morgan fingerprint density at radius 3 is 2.71 bits per heavy atom. The van der Waals surface area contributed by atoms with Crippen molar-refractivity contribution in [1.82, 2.24) is 0 Å². The smallest absolute Gasteiger partial charge is 0.336 e. The van der Waals surface area contributed by atoms with Gasteiger partial charge in [0.25, 0.3) is 5.91 Å². The van der Waals surface area contributed by atoms with Crippen LogP contribution in [-0.2, 0) is 11.2 Å². The van der Waals surface area contributed by atoms with Gasteiger partial charge in [-0.25, -0.2) is 4.79 Å². The number of anilines is 1. The molecule has 0 fully saturated rings. The number of ether oxygens (including phenoxy) is 1. The molecule has 0 bridgehead atoms. The first-order valence-electron chi connectivity index (χ1n) is 9.14. The quantitative estimate of drug-likeness (QED) is 0.590. The third-order valence-corrected chi connectivity index (χ3v) is 4.78. The van der Waals surface area contributed by atoms with Gasteiger partial charge in [0.2, 0.25) is 0 Å². The first kappa shape index (κ1) is 20.0. The number of halogens is 1. The minimum atomic E-state index is -0.384. The van der Waals surface area contributed by atoms with Gasteiger partial charge in [-0.15, -0.1) is 0 Å². The first-order valence-corrected chi connectivity index (χ1v) is 9.52. The maximum Gasteiger partial charge on any atom is 0.336 e. The summed E-state index contributed by atoms with van der Waals surface area (Å²) in [5.74, 6) is 0.202. The average Bonchev–Trinajstić information content (AvgIpc) is 2.65. The predicted octanol–water partition coefficient (Wildman–Crippen LogP) is 5.03. The molecule has 0 spiro atoms. The van der Waals surface area contributed by atoms with Crippen molar-refractivity contribution in [3.8, 4) is 5.75 Å². The molecule has 5 nitrogen and oxygen atoms in total. The number of benzene rings is 2. The molecular formula is C22H22ClNO4. The maximum atomic E-state index is 12.3. The molecule has 0 aliphatic heterocycles. The Balaban J connectivity index is 1.79. The number of rotatable bonds is 6. The predicted molar refractivity (Wildman–Crippen MR) is 112 cm³/mol. The molecule has 0 saturated carbocycles. The van der Waals surface area contributed by atoms with Crippen molar-refractivity contribution in [2.75, 3.05) is 11.9 Å². The number of hydrogen-bond donors (Lipinski definition) is 1. The second-order valence-corrected chi connectivity index (χ2v) is 7.14. The summed E-state index contributed by atoms with van der Waals surface area (Å²) >= 11 is 5.98. The Hall–Kier alpha value is -2.79. The van der Waals surface area contributed by atoms with Crippen LogP contribution < -0.4 is 15.7 Å². The van der Waals surface area contributed by atoms with Gasteiger partial charge in [-0.05, 0) is 55.7 Å². The Bertz CT molecular complexity index is 1090. The van der Waals surface area contributed by atoms with Crippen molar-refractivity contribution < 1.29 is 13.9 Å². The number of carbonyl (C=O) groups is 1. The Morgan fingerprint density at radius 1 is 1.18 bits per heavy atom. The topological polar surface area (TPSA) is 68.5 Å². The second-order valence-electron chi connectivity index (χ2n) is 6.70. The van der Waals surface area contributed by atoms with E-state index in [2.05, 4.69) is 12.2 Å². The lowest BCUT2D eigenvalue weighted by Crippen LogP contribution is -2.21. The van der Waals surface area contributed by atoms with E-state index in [4.69, 9.17) is 20.8 Å². The molecule has 1 amide bonds. The number of amides is 1. The van der Waals surface area contributed by atoms with Crippen LogP contribution in [-0.4, -0.2) is 12.5 Å². The van der Waals surface area contributed by atoms with Crippen molar-refractivity contribution in [1.29, 1.82) is 0 Å². The van der Waals surface area contributed by atoms with Crippen molar-refractivity contribution in [2.24, 2.45) is 0 Å². The van der Waals surface area contributed by atoms with E-state index >= 15 is 0 Å². The molecule has 1 aromatic heterocycles. The zero-order valence-electron chi connectivity index (χ0n) is 16.1. The normalized spacial score (nSPS) is 10.9. The van der Waals surface area contributed by atoms with E-state index in [1.54, 1.807) is 18.2 Å². The molecule has 0 saturated heterocycles. The lowest BCUT2D eigenvalue weighted by Gasteiger charge is -2.13. The zero-order chi connectivity index (χ0) is 20.3. The summed E-state index contributed by atoms with van der Waals surface area (Å²) in [5, 5.41) is 4.23. The highest BCUT2D eigenvalue weighted by molar-refractivity contribution is 6.31. The number of nitrogens with one attached hydrogen (secondary N) is 1. The molecule has 3 rings (SSSR count). The minimum absolute atomic E-state index is 0.169. The van der Waals surface area contributed by atoms with Crippen LogP contribution in [0, 0.1) is 13.8 Å². The van der Waals surface area contributed by atoms with Crippen LogP contribution in [0.1, 0.15) is 30.0 Å². The van der Waals surface area contributed by atoms with Gasteiger partial charge >= 0.3 is 5.63 Å². The summed E-state index contributed by atoms with van der Waals surface area (Å²) in [6.45, 7) is 5.59. The lowest BCUT2D eigenvalue weighted by molar-refractivity contribution is -0.118. The van der Waals surface area contributed by atoms with Crippen LogP contribution in [0.3, 0.4) is 0 Å². The van der Waals surface area contributed by atoms with Gasteiger partial charge in [0.15, 0.2) is 6.61 Å². The highest BCUT2D eigenvalue weighted by Crippen LogP contribution is 2.29. The molecule has 2 aromatic carbocycles. The van der Waals surface area contributed by atoms with Gasteiger partial charge in [0, 0.05) is 27.7 Å². The first-order chi connectivity index (χ1) is 13.4. The van der Waals surface area contributed by atoms with Gasteiger partial charge in [0.1, 0.15) is 11.3 Å². The number of carbonyl (C=O) groups excluding carboxylic acids is 1. The molecule has 0 atom stereocenters. The Kier molecular flexibility index (Phi) is 6.05. The van der Waals surface area contributed by atoms with Crippen LogP contribution in [0.5, 0.6) is 5.75 Å². The highest BCUT2D eigenvalue weighted by Gasteiger charge is 2.13. The summed E-state index contributed by atoms with van der Waals surface area (Å²) in [6, 6.07) is 10.5. The fourth-order valence-corrected chi connectivity index (χ4v) is 3.27. The van der Waals surface area contributed by atoms with Crippen LogP contribution in [0.2, 0.25) is 5.02 Å². The van der Waals surface area contributed by atoms with E-state index in [1.807, 2.05) is 26.0 Å². The molecule has 0 unspecified atom stereocenters. The summed E-state index contributed by atoms with van der Waals surface area (Å²) in [5.41, 5.74) is 3.32. The minimum Gasteiger partial charge on any atom is -0.483 e. The maximum absolute atomic E-state index is 12.3. The van der Waals surface area contributed by atoms with E-state index in [0.717, 1.165) is 29.4 Å². The highest BCUT2D eigenvalue weighted by atomic mass is 35.5. The summed E-state index contributed by atoms with van der Waals surface area (Å²) < 4.78 is 11.1. The van der Waals surface area contributed by atoms with Gasteiger partial charge in [-0.2, -0.15) is 0 Å². The van der Waals surface area contributed by atoms with Crippen molar-refractivity contribution in [3.05, 3.63) is 68.5 Å². The van der Waals surface area contributed by atoms with Crippen LogP contribution in [0.25, 0.3) is 11.0 Å². The van der Waals surface area contributed by atoms with Crippen LogP contribution in [0.4, 0.5) is 5.69 Å². The molecule has 1 N–H and O–H groups in total. The van der Waals surface area contributed by atoms with E-state index in [-0.39, 0.29) is 18.1 Å². The van der Waals surface area contributed by atoms with Gasteiger partial charge in [0.05, 0.1) is 0 Å². The SMILES string of the molecule is CCCc1cc(=O)oc2c(C)c(OCC(=O)Nc3cc(Cl)ccc3C)ccc12. The fourth-order valence-electron chi connectivity index (χ4n) is 3.10. The van der Waals surface area contributed by atoms with Gasteiger partial charge in [-0.1, -0.05) is 31.0 Å². The standard InChI is InChI=1S/C22H22ClNO4/c1-4-5-15-10-21(26)28-22-14(3)19(9-8-17(15)22)27-12-20(25)24-18-11-16(23)7-6-13(18)2/h6-11H,4-5,12H2,1-3H3,(H,24,25). The molecule has 3 aromatic rings. The molecule has 28 heavy (non-hydrogen) atoms. The number of fused-ring (bicyclic) bond motifs is 1. The Morgan fingerprint density at radius 2 is 1.96 bits per heavy atom. The molecule has 0 aliphatic carbocycles. The summed E-state index contributed by atoms with van der Waals surface area (Å²) in [7, 11) is 0. The monoisotopic (exact) mass is 399 g/mol. The van der Waals surface area contributed by atoms with E-state index < -0.39 is 0 Å². The molecule has 0 aliphatic rings. The van der Waals surface area contributed by atoms with E-state index in [9.17, 15) is 9.59 Å². The van der Waals surface area contributed by atoms with Crippen molar-refractivity contribution >= 4 is 34.2 Å². The number of hydrogen-bond acceptors (Lipinski definition) is 4. The van der Waals surface area contributed by atoms with Crippen molar-refractivity contribution in [2.45, 2.75) is 33.6 Å². The van der Waals surface area contributed by atoms with Crippen LogP contribution >= 0.6 is 11.6 Å². The van der Waals surface area contributed by atoms with Crippen LogP contribution in [0.15, 0.2) is 45.6 Å². The second kappa shape index (κ2) is 8.48. The molecule has 6 heteroatoms. The van der Waals surface area contributed by atoms with E-state index in [0.29, 0.717) is 27.6 Å². The largest absolute Gasteiger partial charge is 0.483 e. The molecule has 146 valence electrons. The van der Waals surface area contributed by atoms with Gasteiger partial charge in [-0.3, -0.25) is 4.79 Å². The number of aryl methyl sites for hydroxylation is 3. The van der Waals surface area contributed by atoms with Gasteiger partial charge < -0.3 is 14.5 Å². The fraction of sp³-hybridized carbons (Fsp3) is 0.273. The Labute approximate surface area is 168 Å². The molecule has 1 heterocycles. The summed E-state index contributed by atoms with van der Waals surface area (Å²) in [6.07, 6.45) is 1.72. The third kappa shape index (κ3) is 4.37. The lowest BCUT2D eigenvalue weighted by atomic mass is 10.0. The molecular weight excluding hydrogens is 378 g/mol. The third-order valence-electron chi connectivity index (χ3n) is 4.55.